The normalized spacial score (nSPS) is 17.6. The topological polar surface area (TPSA) is 66.9 Å². The molecule has 0 aromatic heterocycles. The van der Waals surface area contributed by atoms with Gasteiger partial charge in [0.15, 0.2) is 0 Å². The van der Waals surface area contributed by atoms with E-state index in [-0.39, 0.29) is 18.9 Å². The Kier molecular flexibility index (Phi) is 5.35. The number of carbonyl (C=O) groups excluding carboxylic acids is 1. The van der Waals surface area contributed by atoms with Gasteiger partial charge in [-0.2, -0.15) is 17.0 Å². The van der Waals surface area contributed by atoms with Gasteiger partial charge in [0.25, 0.3) is 10.2 Å². The number of esters is 1. The summed E-state index contributed by atoms with van der Waals surface area (Å²) in [6, 6.07) is 0. The van der Waals surface area contributed by atoms with Crippen LogP contribution in [0.5, 0.6) is 0 Å². The lowest BCUT2D eigenvalue weighted by Crippen LogP contribution is -2.43. The summed E-state index contributed by atoms with van der Waals surface area (Å²) in [6.45, 7) is 3.48. The van der Waals surface area contributed by atoms with Crippen LogP contribution in [0.1, 0.15) is 26.2 Å². The van der Waals surface area contributed by atoms with E-state index < -0.39 is 10.2 Å². The van der Waals surface area contributed by atoms with Crippen LogP contribution in [0.25, 0.3) is 0 Å². The van der Waals surface area contributed by atoms with Gasteiger partial charge in [-0.15, -0.1) is 0 Å². The van der Waals surface area contributed by atoms with Gasteiger partial charge in [-0.05, 0) is 12.8 Å². The standard InChI is InChI=1S/C10H20N2O4S/c1-3-11(9-6-10(13)16-2)17(14,15)12-7-4-5-8-12/h3-9H2,1-2H3. The van der Waals surface area contributed by atoms with Crippen molar-refractivity contribution in [1.82, 2.24) is 8.61 Å². The third kappa shape index (κ3) is 3.65. The number of hydrogen-bond acceptors (Lipinski definition) is 4. The molecule has 1 rings (SSSR count). The van der Waals surface area contributed by atoms with Crippen molar-refractivity contribution in [3.8, 4) is 0 Å². The summed E-state index contributed by atoms with van der Waals surface area (Å²) < 4.78 is 31.6. The zero-order valence-electron chi connectivity index (χ0n) is 10.4. The third-order valence-corrected chi connectivity index (χ3v) is 4.97. The molecule has 1 aliphatic heterocycles. The molecule has 1 saturated heterocycles. The summed E-state index contributed by atoms with van der Waals surface area (Å²) in [5.74, 6) is -0.389. The molecular formula is C10H20N2O4S. The van der Waals surface area contributed by atoms with Crippen LogP contribution in [0.15, 0.2) is 0 Å². The van der Waals surface area contributed by atoms with E-state index in [0.29, 0.717) is 19.6 Å². The van der Waals surface area contributed by atoms with Gasteiger partial charge in [0.2, 0.25) is 0 Å². The Morgan fingerprint density at radius 3 is 2.41 bits per heavy atom. The largest absolute Gasteiger partial charge is 0.469 e. The van der Waals surface area contributed by atoms with Crippen LogP contribution in [0.2, 0.25) is 0 Å². The Bertz CT molecular complexity index is 349. The molecule has 100 valence electrons. The van der Waals surface area contributed by atoms with E-state index in [2.05, 4.69) is 4.74 Å². The predicted octanol–water partition coefficient (Wildman–Crippen LogP) is 0.212. The Hall–Kier alpha value is -0.660. The summed E-state index contributed by atoms with van der Waals surface area (Å²) in [6.07, 6.45) is 1.92. The van der Waals surface area contributed by atoms with Crippen molar-refractivity contribution in [2.75, 3.05) is 33.3 Å². The molecule has 7 heteroatoms. The highest BCUT2D eigenvalue weighted by Crippen LogP contribution is 2.16. The average Bonchev–Trinajstić information content (AvgIpc) is 2.83. The maximum Gasteiger partial charge on any atom is 0.306 e. The number of rotatable bonds is 6. The van der Waals surface area contributed by atoms with E-state index in [9.17, 15) is 13.2 Å². The summed E-state index contributed by atoms with van der Waals surface area (Å²) in [5.41, 5.74) is 0. The van der Waals surface area contributed by atoms with Crippen molar-refractivity contribution in [3.05, 3.63) is 0 Å². The Morgan fingerprint density at radius 2 is 1.94 bits per heavy atom. The van der Waals surface area contributed by atoms with Gasteiger partial charge in [0, 0.05) is 26.2 Å². The Labute approximate surface area is 103 Å². The fourth-order valence-corrected chi connectivity index (χ4v) is 3.53. The van der Waals surface area contributed by atoms with Crippen molar-refractivity contribution in [2.45, 2.75) is 26.2 Å². The molecule has 0 unspecified atom stereocenters. The molecule has 0 amide bonds. The number of carbonyl (C=O) groups is 1. The van der Waals surface area contributed by atoms with Crippen LogP contribution in [0, 0.1) is 0 Å². The molecule has 1 aliphatic rings. The molecule has 0 radical (unpaired) electrons. The first-order valence-corrected chi connectivity index (χ1v) is 7.24. The lowest BCUT2D eigenvalue weighted by atomic mass is 10.4. The van der Waals surface area contributed by atoms with Crippen LogP contribution < -0.4 is 0 Å². The maximum atomic E-state index is 12.2. The van der Waals surface area contributed by atoms with Gasteiger partial charge < -0.3 is 4.74 Å². The van der Waals surface area contributed by atoms with Gasteiger partial charge in [0.05, 0.1) is 13.5 Å². The van der Waals surface area contributed by atoms with E-state index in [1.807, 2.05) is 0 Å². The van der Waals surface area contributed by atoms with Crippen molar-refractivity contribution >= 4 is 16.2 Å². The smallest absolute Gasteiger partial charge is 0.306 e. The first-order valence-electron chi connectivity index (χ1n) is 5.84. The SMILES string of the molecule is CCN(CCC(=O)OC)S(=O)(=O)N1CCCC1. The highest BCUT2D eigenvalue weighted by atomic mass is 32.2. The zero-order chi connectivity index (χ0) is 12.9. The van der Waals surface area contributed by atoms with E-state index in [1.54, 1.807) is 6.92 Å². The van der Waals surface area contributed by atoms with Gasteiger partial charge in [-0.25, -0.2) is 0 Å². The summed E-state index contributed by atoms with van der Waals surface area (Å²) in [7, 11) is -2.10. The molecule has 6 nitrogen and oxygen atoms in total. The minimum Gasteiger partial charge on any atom is -0.469 e. The lowest BCUT2D eigenvalue weighted by molar-refractivity contribution is -0.140. The zero-order valence-corrected chi connectivity index (χ0v) is 11.2. The van der Waals surface area contributed by atoms with Crippen molar-refractivity contribution in [1.29, 1.82) is 0 Å². The quantitative estimate of drug-likeness (QED) is 0.643. The second kappa shape index (κ2) is 6.32. The maximum absolute atomic E-state index is 12.2. The molecule has 0 N–H and O–H groups in total. The molecule has 0 aliphatic carbocycles. The molecule has 17 heavy (non-hydrogen) atoms. The highest BCUT2D eigenvalue weighted by molar-refractivity contribution is 7.86. The first kappa shape index (κ1) is 14.4. The minimum absolute atomic E-state index is 0.0947. The molecular weight excluding hydrogens is 244 g/mol. The number of methoxy groups -OCH3 is 1. The second-order valence-electron chi connectivity index (χ2n) is 3.93. The van der Waals surface area contributed by atoms with Gasteiger partial charge in [0.1, 0.15) is 0 Å². The van der Waals surface area contributed by atoms with E-state index in [1.165, 1.54) is 15.7 Å². The number of nitrogens with zero attached hydrogens (tertiary/aromatic N) is 2. The molecule has 0 aromatic carbocycles. The van der Waals surface area contributed by atoms with E-state index in [0.717, 1.165) is 12.8 Å². The lowest BCUT2D eigenvalue weighted by Gasteiger charge is -2.25. The molecule has 1 heterocycles. The predicted molar refractivity (Wildman–Crippen MR) is 63.6 cm³/mol. The third-order valence-electron chi connectivity index (χ3n) is 2.86. The van der Waals surface area contributed by atoms with Gasteiger partial charge in [-0.1, -0.05) is 6.92 Å². The second-order valence-corrected chi connectivity index (χ2v) is 5.86. The summed E-state index contributed by atoms with van der Waals surface area (Å²) >= 11 is 0. The molecule has 0 spiro atoms. The van der Waals surface area contributed by atoms with Crippen LogP contribution >= 0.6 is 0 Å². The monoisotopic (exact) mass is 264 g/mol. The number of ether oxygens (including phenoxy) is 1. The van der Waals surface area contributed by atoms with Crippen molar-refractivity contribution < 1.29 is 17.9 Å². The summed E-state index contributed by atoms with van der Waals surface area (Å²) in [4.78, 5) is 11.0. The molecule has 0 saturated carbocycles. The number of hydrogen-bond donors (Lipinski definition) is 0. The molecule has 1 fully saturated rings. The van der Waals surface area contributed by atoms with Crippen LogP contribution in [0.3, 0.4) is 0 Å². The Morgan fingerprint density at radius 1 is 1.35 bits per heavy atom. The Balaban J connectivity index is 2.62. The van der Waals surface area contributed by atoms with Gasteiger partial charge >= 0.3 is 5.97 Å². The highest BCUT2D eigenvalue weighted by Gasteiger charge is 2.30. The van der Waals surface area contributed by atoms with Crippen molar-refractivity contribution in [3.63, 3.8) is 0 Å². The first-order chi connectivity index (χ1) is 8.02. The van der Waals surface area contributed by atoms with Gasteiger partial charge in [-0.3, -0.25) is 4.79 Å². The van der Waals surface area contributed by atoms with E-state index >= 15 is 0 Å². The van der Waals surface area contributed by atoms with E-state index in [4.69, 9.17) is 0 Å². The minimum atomic E-state index is -3.40. The fraction of sp³-hybridized carbons (Fsp3) is 0.900. The molecule has 0 atom stereocenters. The van der Waals surface area contributed by atoms with Crippen LogP contribution in [-0.4, -0.2) is 56.3 Å². The van der Waals surface area contributed by atoms with Crippen molar-refractivity contribution in [2.24, 2.45) is 0 Å². The van der Waals surface area contributed by atoms with Crippen LogP contribution in [0.4, 0.5) is 0 Å². The van der Waals surface area contributed by atoms with Crippen LogP contribution in [-0.2, 0) is 19.7 Å². The molecule has 0 aromatic rings. The summed E-state index contributed by atoms with van der Waals surface area (Å²) in [5, 5.41) is 0. The average molecular weight is 264 g/mol. The molecule has 0 bridgehead atoms. The fourth-order valence-electron chi connectivity index (χ4n) is 1.84.